The number of halogens is 3. The summed E-state index contributed by atoms with van der Waals surface area (Å²) in [5.41, 5.74) is -0.142. The van der Waals surface area contributed by atoms with Gasteiger partial charge in [-0.1, -0.05) is 12.1 Å². The van der Waals surface area contributed by atoms with Crippen molar-refractivity contribution in [2.24, 2.45) is 0 Å². The summed E-state index contributed by atoms with van der Waals surface area (Å²) in [5.74, 6) is -0.477. The van der Waals surface area contributed by atoms with Crippen LogP contribution in [0.2, 0.25) is 0 Å². The van der Waals surface area contributed by atoms with Gasteiger partial charge in [0.05, 0.1) is 27.8 Å². The Labute approximate surface area is 167 Å². The van der Waals surface area contributed by atoms with Crippen LogP contribution in [0.3, 0.4) is 0 Å². The molecular weight excluding hydrogens is 401 g/mol. The summed E-state index contributed by atoms with van der Waals surface area (Å²) in [6.07, 6.45) is -0.740. The van der Waals surface area contributed by atoms with Crippen molar-refractivity contribution in [2.75, 3.05) is 11.9 Å². The number of carbonyl (C=O) groups is 1. The van der Waals surface area contributed by atoms with E-state index in [1.165, 1.54) is 29.7 Å². The predicted molar refractivity (Wildman–Crippen MR) is 100 cm³/mol. The Bertz CT molecular complexity index is 1190. The molecule has 2 heterocycles. The number of para-hydroxylation sites is 1. The summed E-state index contributed by atoms with van der Waals surface area (Å²) in [6, 6.07) is 9.99. The molecule has 0 radical (unpaired) electrons. The minimum Gasteiger partial charge on any atom is -0.467 e. The average Bonchev–Trinajstić information content (AvgIpc) is 3.26. The van der Waals surface area contributed by atoms with Crippen LogP contribution in [-0.4, -0.2) is 37.2 Å². The third-order valence-corrected chi connectivity index (χ3v) is 4.11. The first-order valence-electron chi connectivity index (χ1n) is 8.60. The molecule has 0 atom stereocenters. The van der Waals surface area contributed by atoms with Crippen LogP contribution in [-0.2, 0) is 11.0 Å². The van der Waals surface area contributed by atoms with Crippen LogP contribution in [0.25, 0.3) is 16.6 Å². The quantitative estimate of drug-likeness (QED) is 0.539. The number of nitrogens with one attached hydrogen (secondary N) is 1. The minimum atomic E-state index is -4.57. The molecule has 0 fully saturated rings. The number of hydrogen-bond donors (Lipinski definition) is 1. The van der Waals surface area contributed by atoms with E-state index in [1.807, 2.05) is 0 Å². The van der Waals surface area contributed by atoms with Gasteiger partial charge in [0, 0.05) is 0 Å². The molecule has 152 valence electrons. The van der Waals surface area contributed by atoms with Gasteiger partial charge in [-0.2, -0.15) is 18.3 Å². The highest BCUT2D eigenvalue weighted by Gasteiger charge is 2.31. The molecule has 4 aromatic rings. The van der Waals surface area contributed by atoms with Gasteiger partial charge in [0.25, 0.3) is 5.91 Å². The van der Waals surface area contributed by atoms with Crippen LogP contribution in [0.15, 0.2) is 61.4 Å². The molecule has 0 aliphatic rings. The van der Waals surface area contributed by atoms with Crippen molar-refractivity contribution >= 4 is 22.5 Å². The number of aromatic nitrogens is 5. The summed E-state index contributed by atoms with van der Waals surface area (Å²) >= 11 is 0. The first-order chi connectivity index (χ1) is 14.4. The Balaban J connectivity index is 1.56. The second-order valence-electron chi connectivity index (χ2n) is 6.10. The molecule has 11 heteroatoms. The lowest BCUT2D eigenvalue weighted by molar-refractivity contribution is -0.137. The SMILES string of the molecule is O=C(COc1ncnc2ccccc12)Nc1cc(C(F)(F)F)ccc1-n1cncn1. The van der Waals surface area contributed by atoms with Gasteiger partial charge in [-0.25, -0.2) is 19.6 Å². The van der Waals surface area contributed by atoms with Gasteiger partial charge < -0.3 is 10.1 Å². The number of benzene rings is 2. The maximum absolute atomic E-state index is 13.1. The number of anilines is 1. The Morgan fingerprint density at radius 1 is 1.10 bits per heavy atom. The van der Waals surface area contributed by atoms with E-state index in [1.54, 1.807) is 24.3 Å². The number of amides is 1. The molecule has 8 nitrogen and oxygen atoms in total. The summed E-state index contributed by atoms with van der Waals surface area (Å²) in [6.45, 7) is -0.464. The number of rotatable bonds is 5. The second kappa shape index (κ2) is 7.78. The molecule has 4 rings (SSSR count). The highest BCUT2D eigenvalue weighted by atomic mass is 19.4. The molecule has 1 amide bonds. The zero-order valence-electron chi connectivity index (χ0n) is 15.2. The van der Waals surface area contributed by atoms with Crippen molar-refractivity contribution in [3.05, 3.63) is 67.0 Å². The molecule has 0 bridgehead atoms. The summed E-state index contributed by atoms with van der Waals surface area (Å²) in [7, 11) is 0. The molecule has 0 saturated carbocycles. The number of nitrogens with zero attached hydrogens (tertiary/aromatic N) is 5. The van der Waals surface area contributed by atoms with Crippen molar-refractivity contribution in [1.82, 2.24) is 24.7 Å². The lowest BCUT2D eigenvalue weighted by atomic mass is 10.1. The van der Waals surface area contributed by atoms with Crippen molar-refractivity contribution in [2.45, 2.75) is 6.18 Å². The van der Waals surface area contributed by atoms with Gasteiger partial charge in [-0.3, -0.25) is 4.79 Å². The van der Waals surface area contributed by atoms with E-state index in [2.05, 4.69) is 25.4 Å². The number of carbonyl (C=O) groups excluding carboxylic acids is 1. The second-order valence-corrected chi connectivity index (χ2v) is 6.10. The first kappa shape index (κ1) is 19.3. The van der Waals surface area contributed by atoms with E-state index < -0.39 is 24.3 Å². The molecule has 0 unspecified atom stereocenters. The van der Waals surface area contributed by atoms with E-state index in [0.717, 1.165) is 12.1 Å². The topological polar surface area (TPSA) is 94.8 Å². The van der Waals surface area contributed by atoms with Crippen LogP contribution in [0.5, 0.6) is 5.88 Å². The van der Waals surface area contributed by atoms with E-state index in [-0.39, 0.29) is 17.3 Å². The number of ether oxygens (including phenoxy) is 1. The number of alkyl halides is 3. The normalized spacial score (nSPS) is 11.4. The molecule has 30 heavy (non-hydrogen) atoms. The Hall–Kier alpha value is -4.02. The smallest absolute Gasteiger partial charge is 0.416 e. The summed E-state index contributed by atoms with van der Waals surface area (Å²) in [5, 5.41) is 6.94. The average molecular weight is 414 g/mol. The third-order valence-electron chi connectivity index (χ3n) is 4.11. The predicted octanol–water partition coefficient (Wildman–Crippen LogP) is 3.25. The zero-order valence-corrected chi connectivity index (χ0v) is 15.2. The number of fused-ring (bicyclic) bond motifs is 1. The van der Waals surface area contributed by atoms with Gasteiger partial charge in [0.1, 0.15) is 19.0 Å². The number of hydrogen-bond acceptors (Lipinski definition) is 6. The van der Waals surface area contributed by atoms with E-state index in [0.29, 0.717) is 10.9 Å². The fourth-order valence-electron chi connectivity index (χ4n) is 2.76. The van der Waals surface area contributed by atoms with E-state index in [9.17, 15) is 18.0 Å². The molecule has 0 aliphatic heterocycles. The fraction of sp³-hybridized carbons (Fsp3) is 0.105. The van der Waals surface area contributed by atoms with Crippen LogP contribution >= 0.6 is 0 Å². The van der Waals surface area contributed by atoms with E-state index >= 15 is 0 Å². The van der Waals surface area contributed by atoms with Crippen molar-refractivity contribution in [3.63, 3.8) is 0 Å². The Kier molecular flexibility index (Phi) is 5.00. The van der Waals surface area contributed by atoms with Gasteiger partial charge in [-0.05, 0) is 30.3 Å². The fourth-order valence-corrected chi connectivity index (χ4v) is 2.76. The highest BCUT2D eigenvalue weighted by molar-refractivity contribution is 5.94. The lowest BCUT2D eigenvalue weighted by Crippen LogP contribution is -2.22. The summed E-state index contributed by atoms with van der Waals surface area (Å²) in [4.78, 5) is 24.3. The van der Waals surface area contributed by atoms with Gasteiger partial charge >= 0.3 is 6.18 Å². The lowest BCUT2D eigenvalue weighted by Gasteiger charge is -2.14. The van der Waals surface area contributed by atoms with Crippen LogP contribution in [0, 0.1) is 0 Å². The maximum Gasteiger partial charge on any atom is 0.416 e. The van der Waals surface area contributed by atoms with Gasteiger partial charge in [-0.15, -0.1) is 0 Å². The van der Waals surface area contributed by atoms with Gasteiger partial charge in [0.2, 0.25) is 5.88 Å². The minimum absolute atomic E-state index is 0.0866. The first-order valence-corrected chi connectivity index (χ1v) is 8.60. The Morgan fingerprint density at radius 3 is 2.70 bits per heavy atom. The highest BCUT2D eigenvalue weighted by Crippen LogP contribution is 2.33. The molecule has 2 aromatic carbocycles. The van der Waals surface area contributed by atoms with Crippen LogP contribution in [0.1, 0.15) is 5.56 Å². The Morgan fingerprint density at radius 2 is 1.93 bits per heavy atom. The molecule has 2 aromatic heterocycles. The van der Waals surface area contributed by atoms with Crippen LogP contribution in [0.4, 0.5) is 18.9 Å². The maximum atomic E-state index is 13.1. The molecule has 0 aliphatic carbocycles. The van der Waals surface area contributed by atoms with Gasteiger partial charge in [0.15, 0.2) is 6.61 Å². The molecule has 1 N–H and O–H groups in total. The molecule has 0 spiro atoms. The van der Waals surface area contributed by atoms with Crippen molar-refractivity contribution < 1.29 is 22.7 Å². The van der Waals surface area contributed by atoms with E-state index in [4.69, 9.17) is 4.74 Å². The van der Waals surface area contributed by atoms with Crippen LogP contribution < -0.4 is 10.1 Å². The molecular formula is C19H13F3N6O2. The summed E-state index contributed by atoms with van der Waals surface area (Å²) < 4.78 is 46.0. The zero-order chi connectivity index (χ0) is 21.1. The monoisotopic (exact) mass is 414 g/mol. The standard InChI is InChI=1S/C19H13F3N6O2/c20-19(21,22)12-5-6-16(28-11-23-9-26-28)15(7-12)27-17(29)8-30-18-13-3-1-2-4-14(13)24-10-25-18/h1-7,9-11H,8H2,(H,27,29). The third kappa shape index (κ3) is 4.04. The van der Waals surface area contributed by atoms with Crippen molar-refractivity contribution in [3.8, 4) is 11.6 Å². The largest absolute Gasteiger partial charge is 0.467 e. The van der Waals surface area contributed by atoms with Crippen molar-refractivity contribution in [1.29, 1.82) is 0 Å². The molecule has 0 saturated heterocycles.